The molecule has 2 rings (SSSR count). The highest BCUT2D eigenvalue weighted by Crippen LogP contribution is 2.14. The Morgan fingerprint density at radius 2 is 1.88 bits per heavy atom. The van der Waals surface area contributed by atoms with Crippen LogP contribution < -0.4 is 5.43 Å². The average Bonchev–Trinajstić information content (AvgIpc) is 2.60. The van der Waals surface area contributed by atoms with Gasteiger partial charge < -0.3 is 19.1 Å². The number of ether oxygens (including phenoxy) is 2. The van der Waals surface area contributed by atoms with E-state index in [4.69, 9.17) is 14.6 Å². The van der Waals surface area contributed by atoms with Crippen LogP contribution in [0.3, 0.4) is 0 Å². The molecular formula is C19H25NO5. The summed E-state index contributed by atoms with van der Waals surface area (Å²) in [6, 6.07) is 7.65. The summed E-state index contributed by atoms with van der Waals surface area (Å²) in [5, 5.41) is 9.23. The predicted molar refractivity (Wildman–Crippen MR) is 96.1 cm³/mol. The average molecular weight is 347 g/mol. The number of rotatable bonds is 11. The number of aryl methyl sites for hydroxylation is 2. The van der Waals surface area contributed by atoms with Gasteiger partial charge in [-0.1, -0.05) is 6.07 Å². The quantitative estimate of drug-likeness (QED) is 0.632. The number of benzene rings is 1. The Kier molecular flexibility index (Phi) is 7.63. The van der Waals surface area contributed by atoms with Gasteiger partial charge in [0.1, 0.15) is 0 Å². The lowest BCUT2D eigenvalue weighted by Crippen LogP contribution is -2.09. The van der Waals surface area contributed by atoms with Crippen LogP contribution in [0.4, 0.5) is 0 Å². The number of hydrogen-bond acceptors (Lipinski definition) is 4. The summed E-state index contributed by atoms with van der Waals surface area (Å²) in [6.45, 7) is 4.57. The molecule has 1 aromatic heterocycles. The van der Waals surface area contributed by atoms with Crippen molar-refractivity contribution in [3.05, 3.63) is 46.2 Å². The number of hydrogen-bond donors (Lipinski definition) is 1. The molecule has 6 nitrogen and oxygen atoms in total. The largest absolute Gasteiger partial charge is 0.481 e. The van der Waals surface area contributed by atoms with Crippen LogP contribution >= 0.6 is 0 Å². The molecule has 0 aliphatic heterocycles. The first kappa shape index (κ1) is 19.1. The summed E-state index contributed by atoms with van der Waals surface area (Å²) >= 11 is 0. The SMILES string of the molecule is CCn1ccc(=O)c2cc(CCCOCCOCCC(=O)O)ccc21. The molecule has 136 valence electrons. The molecule has 0 aliphatic carbocycles. The molecule has 1 N–H and O–H groups in total. The van der Waals surface area contributed by atoms with E-state index < -0.39 is 5.97 Å². The van der Waals surface area contributed by atoms with Crippen LogP contribution in [0, 0.1) is 0 Å². The molecule has 1 aromatic carbocycles. The van der Waals surface area contributed by atoms with Gasteiger partial charge in [0.05, 0.1) is 31.8 Å². The lowest BCUT2D eigenvalue weighted by molar-refractivity contribution is -0.138. The molecule has 0 atom stereocenters. The van der Waals surface area contributed by atoms with Gasteiger partial charge in [-0.2, -0.15) is 0 Å². The summed E-state index contributed by atoms with van der Waals surface area (Å²) in [6.07, 6.45) is 3.55. The third-order valence-electron chi connectivity index (χ3n) is 3.97. The van der Waals surface area contributed by atoms with Crippen LogP contribution in [0.5, 0.6) is 0 Å². The fraction of sp³-hybridized carbons (Fsp3) is 0.474. The second-order valence-electron chi connectivity index (χ2n) is 5.79. The number of carboxylic acid groups (broad SMARTS) is 1. The van der Waals surface area contributed by atoms with Crippen molar-refractivity contribution in [1.82, 2.24) is 4.57 Å². The molecule has 0 unspecified atom stereocenters. The molecule has 0 spiro atoms. The van der Waals surface area contributed by atoms with Crippen LogP contribution in [0.25, 0.3) is 10.9 Å². The minimum Gasteiger partial charge on any atom is -0.481 e. The summed E-state index contributed by atoms with van der Waals surface area (Å²) in [4.78, 5) is 22.4. The summed E-state index contributed by atoms with van der Waals surface area (Å²) in [5.41, 5.74) is 2.14. The third kappa shape index (κ3) is 5.99. The van der Waals surface area contributed by atoms with Crippen molar-refractivity contribution >= 4 is 16.9 Å². The van der Waals surface area contributed by atoms with Crippen LogP contribution in [-0.4, -0.2) is 42.1 Å². The first-order valence-electron chi connectivity index (χ1n) is 8.61. The monoisotopic (exact) mass is 347 g/mol. The number of aromatic nitrogens is 1. The predicted octanol–water partition coefficient (Wildman–Crippen LogP) is 2.46. The lowest BCUT2D eigenvalue weighted by Gasteiger charge is -2.09. The van der Waals surface area contributed by atoms with Crippen molar-refractivity contribution in [2.75, 3.05) is 26.4 Å². The number of nitrogens with zero attached hydrogens (tertiary/aromatic N) is 1. The Labute approximate surface area is 147 Å². The van der Waals surface area contributed by atoms with Gasteiger partial charge in [-0.25, -0.2) is 0 Å². The van der Waals surface area contributed by atoms with Gasteiger partial charge in [0, 0.05) is 30.8 Å². The number of aliphatic carboxylic acids is 1. The fourth-order valence-corrected chi connectivity index (χ4v) is 2.65. The van der Waals surface area contributed by atoms with E-state index in [1.54, 1.807) is 6.07 Å². The van der Waals surface area contributed by atoms with Gasteiger partial charge in [-0.3, -0.25) is 9.59 Å². The Bertz CT molecular complexity index is 753. The minimum atomic E-state index is -0.859. The zero-order valence-corrected chi connectivity index (χ0v) is 14.6. The van der Waals surface area contributed by atoms with Gasteiger partial charge in [0.25, 0.3) is 0 Å². The van der Waals surface area contributed by atoms with Crippen molar-refractivity contribution in [3.63, 3.8) is 0 Å². The molecular weight excluding hydrogens is 322 g/mol. The number of carbonyl (C=O) groups is 1. The Hall–Kier alpha value is -2.18. The Morgan fingerprint density at radius 3 is 2.60 bits per heavy atom. The third-order valence-corrected chi connectivity index (χ3v) is 3.97. The van der Waals surface area contributed by atoms with Crippen molar-refractivity contribution in [1.29, 1.82) is 0 Å². The highest BCUT2D eigenvalue weighted by atomic mass is 16.5. The van der Waals surface area contributed by atoms with Crippen molar-refractivity contribution in [3.8, 4) is 0 Å². The number of pyridine rings is 1. The maximum absolute atomic E-state index is 12.1. The van der Waals surface area contributed by atoms with Gasteiger partial charge in [-0.05, 0) is 37.5 Å². The molecule has 0 amide bonds. The molecule has 25 heavy (non-hydrogen) atoms. The normalized spacial score (nSPS) is 11.1. The van der Waals surface area contributed by atoms with E-state index >= 15 is 0 Å². The first-order valence-corrected chi connectivity index (χ1v) is 8.61. The van der Waals surface area contributed by atoms with E-state index in [0.717, 1.165) is 35.9 Å². The highest BCUT2D eigenvalue weighted by Gasteiger charge is 2.03. The lowest BCUT2D eigenvalue weighted by atomic mass is 10.1. The van der Waals surface area contributed by atoms with E-state index in [1.165, 1.54) is 0 Å². The van der Waals surface area contributed by atoms with E-state index in [0.29, 0.717) is 19.8 Å². The van der Waals surface area contributed by atoms with Gasteiger partial charge in [0.2, 0.25) is 0 Å². The van der Waals surface area contributed by atoms with Gasteiger partial charge >= 0.3 is 5.97 Å². The van der Waals surface area contributed by atoms with E-state index in [-0.39, 0.29) is 18.5 Å². The molecule has 0 aliphatic rings. The zero-order chi connectivity index (χ0) is 18.1. The maximum atomic E-state index is 12.1. The second kappa shape index (κ2) is 9.96. The Morgan fingerprint density at radius 1 is 1.12 bits per heavy atom. The van der Waals surface area contributed by atoms with Crippen molar-refractivity contribution in [2.24, 2.45) is 0 Å². The van der Waals surface area contributed by atoms with E-state index in [2.05, 4.69) is 17.6 Å². The van der Waals surface area contributed by atoms with Crippen LogP contribution in [0.2, 0.25) is 0 Å². The molecule has 0 radical (unpaired) electrons. The van der Waals surface area contributed by atoms with E-state index in [1.807, 2.05) is 18.3 Å². The topological polar surface area (TPSA) is 77.8 Å². The molecule has 0 bridgehead atoms. The number of fused-ring (bicyclic) bond motifs is 1. The fourth-order valence-electron chi connectivity index (χ4n) is 2.65. The van der Waals surface area contributed by atoms with Crippen LogP contribution in [0.1, 0.15) is 25.3 Å². The summed E-state index contributed by atoms with van der Waals surface area (Å²) in [7, 11) is 0. The molecule has 1 heterocycles. The van der Waals surface area contributed by atoms with Crippen LogP contribution in [0.15, 0.2) is 35.3 Å². The molecule has 6 heteroatoms. The molecule has 0 saturated carbocycles. The molecule has 0 saturated heterocycles. The first-order chi connectivity index (χ1) is 12.1. The standard InChI is InChI=1S/C19H25NO5/c1-2-20-9-7-18(21)16-14-15(5-6-17(16)20)4-3-10-24-12-13-25-11-8-19(22)23/h5-7,9,14H,2-4,8,10-13H2,1H3,(H,22,23). The number of carboxylic acids is 1. The second-order valence-corrected chi connectivity index (χ2v) is 5.79. The zero-order valence-electron chi connectivity index (χ0n) is 14.6. The Balaban J connectivity index is 1.74. The van der Waals surface area contributed by atoms with Crippen molar-refractivity contribution in [2.45, 2.75) is 32.7 Å². The maximum Gasteiger partial charge on any atom is 0.305 e. The summed E-state index contributed by atoms with van der Waals surface area (Å²) in [5.74, 6) is -0.859. The van der Waals surface area contributed by atoms with E-state index in [9.17, 15) is 9.59 Å². The molecule has 0 fully saturated rings. The minimum absolute atomic E-state index is 0.0156. The van der Waals surface area contributed by atoms with Gasteiger partial charge in [0.15, 0.2) is 5.43 Å². The van der Waals surface area contributed by atoms with Crippen LogP contribution in [-0.2, 0) is 27.2 Å². The molecule has 2 aromatic rings. The van der Waals surface area contributed by atoms with Gasteiger partial charge in [-0.15, -0.1) is 0 Å². The summed E-state index contributed by atoms with van der Waals surface area (Å²) < 4.78 is 12.7. The van der Waals surface area contributed by atoms with Crippen molar-refractivity contribution < 1.29 is 19.4 Å². The smallest absolute Gasteiger partial charge is 0.305 e. The highest BCUT2D eigenvalue weighted by molar-refractivity contribution is 5.79.